The molecule has 0 saturated heterocycles. The summed E-state index contributed by atoms with van der Waals surface area (Å²) in [6.45, 7) is 2.21. The molecule has 0 aromatic heterocycles. The van der Waals surface area contributed by atoms with Gasteiger partial charge in [0.1, 0.15) is 0 Å². The summed E-state index contributed by atoms with van der Waals surface area (Å²) in [4.78, 5) is 0. The average molecular weight is 238 g/mol. The SMILES string of the molecule is C/C(=C\I)C/C=C\CO. The molecule has 0 aromatic carbocycles. The second-order valence-corrected chi connectivity index (χ2v) is 2.44. The van der Waals surface area contributed by atoms with Gasteiger partial charge in [-0.3, -0.25) is 0 Å². The lowest BCUT2D eigenvalue weighted by Gasteiger charge is -1.88. The fourth-order valence-electron chi connectivity index (χ4n) is 0.388. The minimum absolute atomic E-state index is 0.147. The van der Waals surface area contributed by atoms with Crippen LogP contribution >= 0.6 is 22.6 Å². The van der Waals surface area contributed by atoms with Crippen molar-refractivity contribution in [3.63, 3.8) is 0 Å². The van der Waals surface area contributed by atoms with Gasteiger partial charge < -0.3 is 5.11 Å². The predicted octanol–water partition coefficient (Wildman–Crippen LogP) is 2.26. The molecule has 0 spiro atoms. The van der Waals surface area contributed by atoms with Crippen LogP contribution in [-0.4, -0.2) is 11.7 Å². The molecule has 0 atom stereocenters. The second-order valence-electron chi connectivity index (χ2n) is 1.81. The van der Waals surface area contributed by atoms with Crippen LogP contribution in [0.4, 0.5) is 0 Å². The number of aliphatic hydroxyl groups excluding tert-OH is 1. The number of hydrogen-bond acceptors (Lipinski definition) is 1. The molecule has 0 saturated carbocycles. The number of halogens is 1. The first-order valence-electron chi connectivity index (χ1n) is 2.83. The lowest BCUT2D eigenvalue weighted by atomic mass is 10.2. The van der Waals surface area contributed by atoms with E-state index in [0.29, 0.717) is 0 Å². The van der Waals surface area contributed by atoms with Crippen molar-refractivity contribution in [2.24, 2.45) is 0 Å². The smallest absolute Gasteiger partial charge is 0.0612 e. The van der Waals surface area contributed by atoms with Crippen LogP contribution in [0, 0.1) is 0 Å². The average Bonchev–Trinajstić information content (AvgIpc) is 1.89. The first-order chi connectivity index (χ1) is 4.31. The van der Waals surface area contributed by atoms with Gasteiger partial charge in [-0.1, -0.05) is 40.3 Å². The molecule has 0 aromatic rings. The van der Waals surface area contributed by atoms with Crippen molar-refractivity contribution in [2.45, 2.75) is 13.3 Å². The normalized spacial score (nSPS) is 13.0. The van der Waals surface area contributed by atoms with Crippen LogP contribution in [0.5, 0.6) is 0 Å². The fourth-order valence-corrected chi connectivity index (χ4v) is 0.643. The summed E-state index contributed by atoms with van der Waals surface area (Å²) in [7, 11) is 0. The molecule has 0 bridgehead atoms. The van der Waals surface area contributed by atoms with E-state index in [4.69, 9.17) is 5.11 Å². The summed E-state index contributed by atoms with van der Waals surface area (Å²) in [5.74, 6) is 0. The Bertz CT molecular complexity index is 116. The van der Waals surface area contributed by atoms with Crippen molar-refractivity contribution in [1.29, 1.82) is 0 Å². The standard InChI is InChI=1S/C7H11IO/c1-7(6-8)4-2-3-5-9/h2-3,6,9H,4-5H2,1H3/b3-2-,7-6+. The number of hydrogen-bond donors (Lipinski definition) is 1. The third-order valence-corrected chi connectivity index (χ3v) is 1.96. The van der Waals surface area contributed by atoms with E-state index in [2.05, 4.69) is 29.5 Å². The summed E-state index contributed by atoms with van der Waals surface area (Å²) >= 11 is 2.21. The lowest BCUT2D eigenvalue weighted by molar-refractivity contribution is 0.342. The summed E-state index contributed by atoms with van der Waals surface area (Å²) in [5, 5.41) is 8.34. The van der Waals surface area contributed by atoms with Gasteiger partial charge in [0.15, 0.2) is 0 Å². The second kappa shape index (κ2) is 6.29. The van der Waals surface area contributed by atoms with E-state index in [-0.39, 0.29) is 6.61 Å². The van der Waals surface area contributed by atoms with Crippen LogP contribution in [0.3, 0.4) is 0 Å². The van der Waals surface area contributed by atoms with Crippen molar-refractivity contribution < 1.29 is 5.11 Å². The molecule has 0 radical (unpaired) electrons. The maximum atomic E-state index is 8.34. The molecular formula is C7H11IO. The molecular weight excluding hydrogens is 227 g/mol. The first kappa shape index (κ1) is 9.17. The zero-order chi connectivity index (χ0) is 7.11. The number of rotatable bonds is 3. The Balaban J connectivity index is 3.38. The van der Waals surface area contributed by atoms with Crippen molar-refractivity contribution in [1.82, 2.24) is 0 Å². The Morgan fingerprint density at radius 2 is 2.22 bits per heavy atom. The Kier molecular flexibility index (Phi) is 6.41. The van der Waals surface area contributed by atoms with Gasteiger partial charge in [-0.05, 0) is 17.4 Å². The maximum absolute atomic E-state index is 8.34. The summed E-state index contributed by atoms with van der Waals surface area (Å²) in [6, 6.07) is 0. The van der Waals surface area contributed by atoms with Crippen LogP contribution in [-0.2, 0) is 0 Å². The first-order valence-corrected chi connectivity index (χ1v) is 4.07. The summed E-state index contributed by atoms with van der Waals surface area (Å²) in [6.07, 6.45) is 4.66. The van der Waals surface area contributed by atoms with Crippen molar-refractivity contribution in [3.05, 3.63) is 21.8 Å². The van der Waals surface area contributed by atoms with E-state index in [1.54, 1.807) is 6.08 Å². The molecule has 1 nitrogen and oxygen atoms in total. The Morgan fingerprint density at radius 3 is 2.67 bits per heavy atom. The molecule has 1 N–H and O–H groups in total. The van der Waals surface area contributed by atoms with Gasteiger partial charge in [0.05, 0.1) is 6.61 Å². The molecule has 0 aliphatic heterocycles. The van der Waals surface area contributed by atoms with Gasteiger partial charge in [0.25, 0.3) is 0 Å². The fraction of sp³-hybridized carbons (Fsp3) is 0.429. The lowest BCUT2D eigenvalue weighted by Crippen LogP contribution is -1.72. The minimum Gasteiger partial charge on any atom is -0.392 e. The third-order valence-electron chi connectivity index (χ3n) is 0.898. The van der Waals surface area contributed by atoms with Crippen LogP contribution < -0.4 is 0 Å². The Morgan fingerprint density at radius 1 is 1.56 bits per heavy atom. The maximum Gasteiger partial charge on any atom is 0.0612 e. The number of aliphatic hydroxyl groups is 1. The Hall–Kier alpha value is 0.170. The highest BCUT2D eigenvalue weighted by molar-refractivity contribution is 14.1. The topological polar surface area (TPSA) is 20.2 Å². The van der Waals surface area contributed by atoms with Crippen LogP contribution in [0.1, 0.15) is 13.3 Å². The molecule has 0 rings (SSSR count). The van der Waals surface area contributed by atoms with Gasteiger partial charge >= 0.3 is 0 Å². The zero-order valence-electron chi connectivity index (χ0n) is 5.47. The van der Waals surface area contributed by atoms with Crippen LogP contribution in [0.15, 0.2) is 21.8 Å². The molecule has 0 heterocycles. The van der Waals surface area contributed by atoms with Crippen LogP contribution in [0.2, 0.25) is 0 Å². The highest BCUT2D eigenvalue weighted by Gasteiger charge is 1.80. The Labute approximate surface area is 69.6 Å². The highest BCUT2D eigenvalue weighted by Crippen LogP contribution is 2.03. The predicted molar refractivity (Wildman–Crippen MR) is 48.6 cm³/mol. The molecule has 2 heteroatoms. The van der Waals surface area contributed by atoms with Crippen molar-refractivity contribution >= 4 is 22.6 Å². The minimum atomic E-state index is 0.147. The van der Waals surface area contributed by atoms with E-state index < -0.39 is 0 Å². The van der Waals surface area contributed by atoms with Crippen LogP contribution in [0.25, 0.3) is 0 Å². The quantitative estimate of drug-likeness (QED) is 0.590. The van der Waals surface area contributed by atoms with Gasteiger partial charge in [-0.15, -0.1) is 0 Å². The molecule has 9 heavy (non-hydrogen) atoms. The van der Waals surface area contributed by atoms with E-state index in [1.807, 2.05) is 10.2 Å². The number of allylic oxidation sites excluding steroid dienone is 2. The third kappa shape index (κ3) is 6.05. The van der Waals surface area contributed by atoms with E-state index in [0.717, 1.165) is 6.42 Å². The summed E-state index contributed by atoms with van der Waals surface area (Å²) < 4.78 is 2.04. The van der Waals surface area contributed by atoms with Crippen molar-refractivity contribution in [3.8, 4) is 0 Å². The molecule has 0 fully saturated rings. The van der Waals surface area contributed by atoms with Gasteiger partial charge in [-0.25, -0.2) is 0 Å². The largest absolute Gasteiger partial charge is 0.392 e. The van der Waals surface area contributed by atoms with Gasteiger partial charge in [-0.2, -0.15) is 0 Å². The summed E-state index contributed by atoms with van der Waals surface area (Å²) in [5.41, 5.74) is 1.32. The highest BCUT2D eigenvalue weighted by atomic mass is 127. The molecule has 0 aliphatic rings. The van der Waals surface area contributed by atoms with Gasteiger partial charge in [0.2, 0.25) is 0 Å². The van der Waals surface area contributed by atoms with E-state index in [9.17, 15) is 0 Å². The molecule has 0 unspecified atom stereocenters. The molecule has 0 amide bonds. The monoisotopic (exact) mass is 238 g/mol. The zero-order valence-corrected chi connectivity index (χ0v) is 7.63. The van der Waals surface area contributed by atoms with Crippen molar-refractivity contribution in [2.75, 3.05) is 6.61 Å². The van der Waals surface area contributed by atoms with E-state index in [1.165, 1.54) is 5.57 Å². The molecule has 0 aliphatic carbocycles. The van der Waals surface area contributed by atoms with E-state index >= 15 is 0 Å². The molecule has 52 valence electrons. The van der Waals surface area contributed by atoms with Gasteiger partial charge in [0, 0.05) is 0 Å².